The Morgan fingerprint density at radius 1 is 1.24 bits per heavy atom. The van der Waals surface area contributed by atoms with E-state index in [-0.39, 0.29) is 6.10 Å². The fourth-order valence-corrected chi connectivity index (χ4v) is 2.68. The van der Waals surface area contributed by atoms with Crippen molar-refractivity contribution in [1.82, 2.24) is 0 Å². The fraction of sp³-hybridized carbons (Fsp3) is 0.600. The van der Waals surface area contributed by atoms with Gasteiger partial charge in [-0.25, -0.2) is 0 Å². The molecule has 1 aromatic carbocycles. The van der Waals surface area contributed by atoms with Crippen molar-refractivity contribution < 1.29 is 5.11 Å². The Morgan fingerprint density at radius 3 is 2.53 bits per heavy atom. The van der Waals surface area contributed by atoms with E-state index in [1.165, 1.54) is 12.1 Å². The lowest BCUT2D eigenvalue weighted by Crippen LogP contribution is -2.22. The summed E-state index contributed by atoms with van der Waals surface area (Å²) in [5, 5.41) is 9.81. The molecule has 2 unspecified atom stereocenters. The first-order chi connectivity index (χ1) is 8.09. The molecule has 0 aliphatic carbocycles. The van der Waals surface area contributed by atoms with Gasteiger partial charge in [0, 0.05) is 24.3 Å². The topological polar surface area (TPSA) is 23.5 Å². The normalized spacial score (nSPS) is 22.2. The molecule has 1 aliphatic rings. The molecule has 1 aromatic rings. The monoisotopic (exact) mass is 233 g/mol. The molecule has 0 amide bonds. The van der Waals surface area contributed by atoms with Crippen molar-refractivity contribution in [3.05, 3.63) is 29.8 Å². The molecular weight excluding hydrogens is 210 g/mol. The highest BCUT2D eigenvalue weighted by Gasteiger charge is 2.26. The van der Waals surface area contributed by atoms with Crippen molar-refractivity contribution in [2.75, 3.05) is 18.0 Å². The molecule has 0 spiro atoms. The van der Waals surface area contributed by atoms with Crippen molar-refractivity contribution in [2.24, 2.45) is 11.8 Å². The van der Waals surface area contributed by atoms with Crippen LogP contribution in [0.5, 0.6) is 0 Å². The van der Waals surface area contributed by atoms with Gasteiger partial charge in [-0.15, -0.1) is 0 Å². The number of anilines is 1. The Kier molecular flexibility index (Phi) is 3.72. The third kappa shape index (κ3) is 2.63. The molecule has 0 saturated carbocycles. The van der Waals surface area contributed by atoms with Gasteiger partial charge in [0.05, 0.1) is 6.10 Å². The number of nitrogens with zero attached hydrogens (tertiary/aromatic N) is 1. The molecule has 2 atom stereocenters. The third-order valence-corrected chi connectivity index (χ3v) is 3.90. The summed E-state index contributed by atoms with van der Waals surface area (Å²) >= 11 is 0. The summed E-state index contributed by atoms with van der Waals surface area (Å²) in [5.41, 5.74) is 2.27. The molecule has 1 heterocycles. The lowest BCUT2D eigenvalue weighted by Gasteiger charge is -2.24. The van der Waals surface area contributed by atoms with Crippen LogP contribution in [0.1, 0.15) is 38.9 Å². The summed E-state index contributed by atoms with van der Waals surface area (Å²) in [6, 6.07) is 8.22. The molecule has 0 aromatic heterocycles. The minimum Gasteiger partial charge on any atom is -0.389 e. The standard InChI is InChI=1S/C15H23NO/c1-11(2)13-8-9-16(10-13)15-7-5-4-6-14(15)12(3)17/h4-7,11-13,17H,8-10H2,1-3H3. The van der Waals surface area contributed by atoms with Crippen LogP contribution in [0.3, 0.4) is 0 Å². The first-order valence-electron chi connectivity index (χ1n) is 6.61. The molecular formula is C15H23NO. The maximum absolute atomic E-state index is 9.81. The number of benzene rings is 1. The van der Waals surface area contributed by atoms with Crippen molar-refractivity contribution in [3.63, 3.8) is 0 Å². The Hall–Kier alpha value is -1.02. The second kappa shape index (κ2) is 5.09. The van der Waals surface area contributed by atoms with E-state index in [9.17, 15) is 5.11 Å². The van der Waals surface area contributed by atoms with E-state index in [2.05, 4.69) is 30.9 Å². The summed E-state index contributed by atoms with van der Waals surface area (Å²) in [6.45, 7) is 8.69. The molecule has 0 bridgehead atoms. The summed E-state index contributed by atoms with van der Waals surface area (Å²) in [6.07, 6.45) is 0.885. The predicted octanol–water partition coefficient (Wildman–Crippen LogP) is 3.22. The average molecular weight is 233 g/mol. The zero-order chi connectivity index (χ0) is 12.4. The maximum Gasteiger partial charge on any atom is 0.0781 e. The van der Waals surface area contributed by atoms with Crippen molar-refractivity contribution in [1.29, 1.82) is 0 Å². The molecule has 1 saturated heterocycles. The number of aliphatic hydroxyl groups excluding tert-OH is 1. The highest BCUT2D eigenvalue weighted by atomic mass is 16.3. The molecule has 2 rings (SSSR count). The van der Waals surface area contributed by atoms with E-state index in [1.807, 2.05) is 19.1 Å². The van der Waals surface area contributed by atoms with Crippen LogP contribution in [0.25, 0.3) is 0 Å². The number of aliphatic hydroxyl groups is 1. The SMILES string of the molecule is CC(O)c1ccccc1N1CCC(C(C)C)C1. The smallest absolute Gasteiger partial charge is 0.0781 e. The minimum absolute atomic E-state index is 0.385. The Morgan fingerprint density at radius 2 is 1.94 bits per heavy atom. The van der Waals surface area contributed by atoms with Crippen LogP contribution < -0.4 is 4.90 Å². The zero-order valence-electron chi connectivity index (χ0n) is 11.1. The number of para-hydroxylation sites is 1. The average Bonchev–Trinajstić information content (AvgIpc) is 2.78. The Labute approximate surface area is 104 Å². The van der Waals surface area contributed by atoms with Gasteiger partial charge in [0.2, 0.25) is 0 Å². The van der Waals surface area contributed by atoms with Gasteiger partial charge >= 0.3 is 0 Å². The van der Waals surface area contributed by atoms with E-state index >= 15 is 0 Å². The second-order valence-electron chi connectivity index (χ2n) is 5.47. The van der Waals surface area contributed by atoms with Crippen molar-refractivity contribution in [2.45, 2.75) is 33.3 Å². The van der Waals surface area contributed by atoms with Crippen LogP contribution in [0.15, 0.2) is 24.3 Å². The van der Waals surface area contributed by atoms with Gasteiger partial charge in [-0.05, 0) is 31.2 Å². The highest BCUT2D eigenvalue weighted by molar-refractivity contribution is 5.55. The molecule has 17 heavy (non-hydrogen) atoms. The molecule has 0 radical (unpaired) electrons. The summed E-state index contributed by atoms with van der Waals surface area (Å²) in [4.78, 5) is 2.42. The lowest BCUT2D eigenvalue weighted by molar-refractivity contribution is 0.199. The van der Waals surface area contributed by atoms with Gasteiger partial charge < -0.3 is 10.0 Å². The summed E-state index contributed by atoms with van der Waals surface area (Å²) in [7, 11) is 0. The fourth-order valence-electron chi connectivity index (χ4n) is 2.68. The van der Waals surface area contributed by atoms with Crippen LogP contribution in [0, 0.1) is 11.8 Å². The number of hydrogen-bond acceptors (Lipinski definition) is 2. The van der Waals surface area contributed by atoms with Gasteiger partial charge in [-0.3, -0.25) is 0 Å². The Balaban J connectivity index is 2.18. The van der Waals surface area contributed by atoms with E-state index in [0.717, 1.165) is 30.5 Å². The van der Waals surface area contributed by atoms with Crippen LogP contribution in [-0.2, 0) is 0 Å². The minimum atomic E-state index is -0.385. The molecule has 1 aliphatic heterocycles. The van der Waals surface area contributed by atoms with Crippen LogP contribution >= 0.6 is 0 Å². The second-order valence-corrected chi connectivity index (χ2v) is 5.47. The molecule has 94 valence electrons. The molecule has 2 heteroatoms. The Bertz CT molecular complexity index is 373. The van der Waals surface area contributed by atoms with Gasteiger partial charge in [-0.2, -0.15) is 0 Å². The van der Waals surface area contributed by atoms with Crippen LogP contribution in [0.2, 0.25) is 0 Å². The van der Waals surface area contributed by atoms with Crippen LogP contribution in [0.4, 0.5) is 5.69 Å². The first kappa shape index (κ1) is 12.4. The number of hydrogen-bond donors (Lipinski definition) is 1. The molecule has 2 nitrogen and oxygen atoms in total. The summed E-state index contributed by atoms with van der Waals surface area (Å²) < 4.78 is 0. The van der Waals surface area contributed by atoms with Gasteiger partial charge in [0.25, 0.3) is 0 Å². The van der Waals surface area contributed by atoms with Crippen molar-refractivity contribution >= 4 is 5.69 Å². The van der Waals surface area contributed by atoms with E-state index in [0.29, 0.717) is 0 Å². The van der Waals surface area contributed by atoms with Gasteiger partial charge in [0.1, 0.15) is 0 Å². The first-order valence-corrected chi connectivity index (χ1v) is 6.61. The lowest BCUT2D eigenvalue weighted by atomic mass is 9.95. The van der Waals surface area contributed by atoms with Crippen molar-refractivity contribution in [3.8, 4) is 0 Å². The largest absolute Gasteiger partial charge is 0.389 e. The maximum atomic E-state index is 9.81. The van der Waals surface area contributed by atoms with E-state index in [4.69, 9.17) is 0 Å². The van der Waals surface area contributed by atoms with Crippen LogP contribution in [-0.4, -0.2) is 18.2 Å². The van der Waals surface area contributed by atoms with Gasteiger partial charge in [-0.1, -0.05) is 32.0 Å². The van der Waals surface area contributed by atoms with E-state index < -0.39 is 0 Å². The van der Waals surface area contributed by atoms with Gasteiger partial charge in [0.15, 0.2) is 0 Å². The van der Waals surface area contributed by atoms with E-state index in [1.54, 1.807) is 0 Å². The summed E-state index contributed by atoms with van der Waals surface area (Å²) in [5.74, 6) is 1.54. The zero-order valence-corrected chi connectivity index (χ0v) is 11.1. The predicted molar refractivity (Wildman–Crippen MR) is 72.2 cm³/mol. The third-order valence-electron chi connectivity index (χ3n) is 3.90. The quantitative estimate of drug-likeness (QED) is 0.866. The molecule has 1 fully saturated rings. The highest BCUT2D eigenvalue weighted by Crippen LogP contribution is 2.32. The molecule has 1 N–H and O–H groups in total. The number of rotatable bonds is 3.